The highest BCUT2D eigenvalue weighted by atomic mass is 19.1. The van der Waals surface area contributed by atoms with Gasteiger partial charge in [-0.25, -0.2) is 4.39 Å². The van der Waals surface area contributed by atoms with Crippen LogP contribution in [0.25, 0.3) is 0 Å². The number of amides is 1. The van der Waals surface area contributed by atoms with Crippen LogP contribution in [0.4, 0.5) is 4.39 Å². The molecule has 0 N–H and O–H groups in total. The van der Waals surface area contributed by atoms with Gasteiger partial charge in [-0.1, -0.05) is 12.1 Å². The average molecular weight is 247 g/mol. The maximum Gasteiger partial charge on any atom is 0.249 e. The molecule has 1 fully saturated rings. The van der Waals surface area contributed by atoms with Crippen molar-refractivity contribution in [2.75, 3.05) is 20.1 Å². The highest BCUT2D eigenvalue weighted by Crippen LogP contribution is 2.31. The number of benzene rings is 1. The summed E-state index contributed by atoms with van der Waals surface area (Å²) in [4.78, 5) is 20.0. The molecule has 0 saturated carbocycles. The molecule has 2 aliphatic heterocycles. The Bertz CT molecular complexity index is 511. The Labute approximate surface area is 105 Å². The van der Waals surface area contributed by atoms with Gasteiger partial charge in [0.2, 0.25) is 11.9 Å². The van der Waals surface area contributed by atoms with Crippen LogP contribution >= 0.6 is 0 Å². The number of halogens is 1. The summed E-state index contributed by atoms with van der Waals surface area (Å²) in [6.45, 7) is 1.07. The number of hydrogen-bond acceptors (Lipinski definition) is 3. The number of carbonyl (C=O) groups is 1. The first-order chi connectivity index (χ1) is 8.66. The highest BCUT2D eigenvalue weighted by molar-refractivity contribution is 6.04. The Kier molecular flexibility index (Phi) is 2.54. The maximum atomic E-state index is 12.9. The molecule has 1 unspecified atom stereocenters. The van der Waals surface area contributed by atoms with Crippen LogP contribution in [-0.2, 0) is 4.79 Å². The summed E-state index contributed by atoms with van der Waals surface area (Å²) in [5.41, 5.74) is 0.965. The minimum Gasteiger partial charge on any atom is -0.336 e. The molecule has 5 heteroatoms. The fourth-order valence-electron chi connectivity index (χ4n) is 2.57. The molecule has 1 atom stereocenters. The van der Waals surface area contributed by atoms with Crippen LogP contribution in [0.3, 0.4) is 0 Å². The van der Waals surface area contributed by atoms with Crippen LogP contribution in [0.5, 0.6) is 0 Å². The van der Waals surface area contributed by atoms with E-state index in [-0.39, 0.29) is 17.8 Å². The topological polar surface area (TPSA) is 35.9 Å². The van der Waals surface area contributed by atoms with Gasteiger partial charge in [-0.2, -0.15) is 0 Å². The fourth-order valence-corrected chi connectivity index (χ4v) is 2.57. The zero-order valence-electron chi connectivity index (χ0n) is 10.1. The summed E-state index contributed by atoms with van der Waals surface area (Å²) in [5.74, 6) is 0.541. The quantitative estimate of drug-likeness (QED) is 0.752. The lowest BCUT2D eigenvalue weighted by Gasteiger charge is -2.31. The SMILES string of the molecule is CN1CC(=O)N2C1=NCCC2c1ccc(F)cc1. The second-order valence-electron chi connectivity index (χ2n) is 4.66. The molecule has 1 aromatic carbocycles. The predicted molar refractivity (Wildman–Crippen MR) is 65.5 cm³/mol. The molecule has 1 aromatic rings. The van der Waals surface area contributed by atoms with E-state index in [2.05, 4.69) is 4.99 Å². The van der Waals surface area contributed by atoms with Gasteiger partial charge in [0.05, 0.1) is 6.04 Å². The summed E-state index contributed by atoms with van der Waals surface area (Å²) in [7, 11) is 1.86. The van der Waals surface area contributed by atoms with Crippen LogP contribution in [-0.4, -0.2) is 41.8 Å². The molecule has 2 heterocycles. The summed E-state index contributed by atoms with van der Waals surface area (Å²) in [5, 5.41) is 0. The molecule has 0 spiro atoms. The van der Waals surface area contributed by atoms with Gasteiger partial charge in [-0.15, -0.1) is 0 Å². The lowest BCUT2D eigenvalue weighted by Crippen LogP contribution is -2.40. The van der Waals surface area contributed by atoms with Crippen molar-refractivity contribution in [3.8, 4) is 0 Å². The first-order valence-electron chi connectivity index (χ1n) is 6.00. The fraction of sp³-hybridized carbons (Fsp3) is 0.385. The third-order valence-corrected chi connectivity index (χ3v) is 3.42. The number of hydrogen-bond donors (Lipinski definition) is 0. The Balaban J connectivity index is 1.96. The average Bonchev–Trinajstić information content (AvgIpc) is 2.66. The van der Waals surface area contributed by atoms with Gasteiger partial charge < -0.3 is 4.90 Å². The van der Waals surface area contributed by atoms with E-state index in [0.29, 0.717) is 13.1 Å². The van der Waals surface area contributed by atoms with Crippen molar-refractivity contribution in [3.63, 3.8) is 0 Å². The molecule has 1 amide bonds. The number of nitrogens with zero attached hydrogens (tertiary/aromatic N) is 3. The molecule has 4 nitrogen and oxygen atoms in total. The Morgan fingerprint density at radius 1 is 1.33 bits per heavy atom. The van der Waals surface area contributed by atoms with Crippen molar-refractivity contribution < 1.29 is 9.18 Å². The number of aliphatic imine (C=N–C) groups is 1. The molecule has 0 bridgehead atoms. The van der Waals surface area contributed by atoms with Gasteiger partial charge in [-0.3, -0.25) is 14.7 Å². The summed E-state index contributed by atoms with van der Waals surface area (Å²) in [6, 6.07) is 6.34. The normalized spacial score (nSPS) is 23.1. The van der Waals surface area contributed by atoms with Crippen molar-refractivity contribution in [3.05, 3.63) is 35.6 Å². The minimum atomic E-state index is -0.256. The Morgan fingerprint density at radius 2 is 2.06 bits per heavy atom. The van der Waals surface area contributed by atoms with Crippen LogP contribution in [0.15, 0.2) is 29.3 Å². The highest BCUT2D eigenvalue weighted by Gasteiger charge is 2.39. The van der Waals surface area contributed by atoms with Gasteiger partial charge in [0.1, 0.15) is 12.4 Å². The van der Waals surface area contributed by atoms with E-state index in [4.69, 9.17) is 0 Å². The standard InChI is InChI=1S/C13H14FN3O/c1-16-8-12(18)17-11(6-7-15-13(16)17)9-2-4-10(14)5-3-9/h2-5,11H,6-8H2,1H3. The number of rotatable bonds is 1. The lowest BCUT2D eigenvalue weighted by molar-refractivity contribution is -0.126. The molecule has 2 aliphatic rings. The van der Waals surface area contributed by atoms with Gasteiger partial charge in [0.15, 0.2) is 0 Å². The number of likely N-dealkylation sites (N-methyl/N-ethyl adjacent to an activating group) is 1. The number of fused-ring (bicyclic) bond motifs is 1. The summed E-state index contributed by atoms with van der Waals surface area (Å²) >= 11 is 0. The van der Waals surface area contributed by atoms with E-state index in [1.807, 2.05) is 11.9 Å². The largest absolute Gasteiger partial charge is 0.336 e. The molecular formula is C13H14FN3O. The first-order valence-corrected chi connectivity index (χ1v) is 6.00. The third kappa shape index (κ3) is 1.66. The van der Waals surface area contributed by atoms with E-state index >= 15 is 0 Å². The van der Waals surface area contributed by atoms with Gasteiger partial charge in [0.25, 0.3) is 0 Å². The number of guanidine groups is 1. The Morgan fingerprint density at radius 3 is 2.78 bits per heavy atom. The zero-order chi connectivity index (χ0) is 12.7. The zero-order valence-corrected chi connectivity index (χ0v) is 10.1. The van der Waals surface area contributed by atoms with E-state index in [1.165, 1.54) is 12.1 Å². The second-order valence-corrected chi connectivity index (χ2v) is 4.66. The van der Waals surface area contributed by atoms with Gasteiger partial charge >= 0.3 is 0 Å². The van der Waals surface area contributed by atoms with Crippen LogP contribution < -0.4 is 0 Å². The summed E-state index contributed by atoms with van der Waals surface area (Å²) in [6.07, 6.45) is 0.786. The predicted octanol–water partition coefficient (Wildman–Crippen LogP) is 1.40. The summed E-state index contributed by atoms with van der Waals surface area (Å²) < 4.78 is 12.9. The minimum absolute atomic E-state index is 0.0180. The van der Waals surface area contributed by atoms with E-state index in [0.717, 1.165) is 17.9 Å². The van der Waals surface area contributed by atoms with Crippen molar-refractivity contribution in [2.45, 2.75) is 12.5 Å². The molecule has 94 valence electrons. The molecule has 18 heavy (non-hydrogen) atoms. The number of carbonyl (C=O) groups excluding carboxylic acids is 1. The van der Waals surface area contributed by atoms with Gasteiger partial charge in [-0.05, 0) is 24.1 Å². The third-order valence-electron chi connectivity index (χ3n) is 3.42. The second kappa shape index (κ2) is 4.08. The van der Waals surface area contributed by atoms with Crippen molar-refractivity contribution in [1.82, 2.24) is 9.80 Å². The van der Waals surface area contributed by atoms with E-state index in [1.54, 1.807) is 17.0 Å². The Hall–Kier alpha value is -1.91. The molecular weight excluding hydrogens is 233 g/mol. The van der Waals surface area contributed by atoms with Crippen LogP contribution in [0, 0.1) is 5.82 Å². The molecule has 0 aliphatic carbocycles. The van der Waals surface area contributed by atoms with Crippen molar-refractivity contribution >= 4 is 11.9 Å². The van der Waals surface area contributed by atoms with Gasteiger partial charge in [0, 0.05) is 13.6 Å². The van der Waals surface area contributed by atoms with Crippen LogP contribution in [0.1, 0.15) is 18.0 Å². The molecule has 3 rings (SSSR count). The maximum absolute atomic E-state index is 12.9. The molecule has 0 radical (unpaired) electrons. The smallest absolute Gasteiger partial charge is 0.249 e. The van der Waals surface area contributed by atoms with E-state index in [9.17, 15) is 9.18 Å². The molecule has 1 saturated heterocycles. The molecule has 0 aromatic heterocycles. The van der Waals surface area contributed by atoms with E-state index < -0.39 is 0 Å². The van der Waals surface area contributed by atoms with Crippen molar-refractivity contribution in [2.24, 2.45) is 4.99 Å². The monoisotopic (exact) mass is 247 g/mol. The first kappa shape index (κ1) is 11.2. The van der Waals surface area contributed by atoms with Crippen LogP contribution in [0.2, 0.25) is 0 Å². The lowest BCUT2D eigenvalue weighted by atomic mass is 10.0. The van der Waals surface area contributed by atoms with Crippen molar-refractivity contribution in [1.29, 1.82) is 0 Å².